The summed E-state index contributed by atoms with van der Waals surface area (Å²) in [5, 5.41) is 2.14. The number of nitrogens with zero attached hydrogens (tertiary/aromatic N) is 1. The van der Waals surface area contributed by atoms with E-state index in [1.165, 1.54) is 16.0 Å². The fraction of sp³-hybridized carbons (Fsp3) is 0.316. The molecule has 0 N–H and O–H groups in total. The summed E-state index contributed by atoms with van der Waals surface area (Å²) in [5.41, 5.74) is 3.65. The van der Waals surface area contributed by atoms with Gasteiger partial charge in [-0.2, -0.15) is 0 Å². The lowest BCUT2D eigenvalue weighted by Gasteiger charge is -2.34. The van der Waals surface area contributed by atoms with Gasteiger partial charge < -0.3 is 4.90 Å². The first-order valence-electron chi connectivity index (χ1n) is 7.80. The Labute approximate surface area is 136 Å². The molecule has 1 aliphatic heterocycles. The van der Waals surface area contributed by atoms with E-state index >= 15 is 0 Å². The van der Waals surface area contributed by atoms with Gasteiger partial charge in [-0.05, 0) is 48.4 Å². The summed E-state index contributed by atoms with van der Waals surface area (Å²) in [6.07, 6.45) is 5.57. The first kappa shape index (κ1) is 15.0. The van der Waals surface area contributed by atoms with Crippen LogP contribution in [0.5, 0.6) is 0 Å². The molecule has 1 aromatic heterocycles. The molecule has 2 heterocycles. The predicted octanol–water partition coefficient (Wildman–Crippen LogP) is 4.61. The number of benzene rings is 1. The van der Waals surface area contributed by atoms with Gasteiger partial charge >= 0.3 is 0 Å². The molecule has 0 radical (unpaired) electrons. The summed E-state index contributed by atoms with van der Waals surface area (Å²) in [6.45, 7) is 5.04. The maximum Gasteiger partial charge on any atom is 0.247 e. The van der Waals surface area contributed by atoms with E-state index in [1.807, 2.05) is 34.4 Å². The second-order valence-electron chi connectivity index (χ2n) is 5.75. The van der Waals surface area contributed by atoms with Crippen molar-refractivity contribution >= 4 is 23.3 Å². The zero-order chi connectivity index (χ0) is 15.5. The standard InChI is InChI=1S/C19H21NOS/c1-3-17-16-11-13-22-18(16)10-12-20(17)19(21)9-8-15-6-4-14(2)5-7-15/h4-9,11,13,17H,3,10,12H2,1-2H3. The molecular weight excluding hydrogens is 290 g/mol. The molecule has 1 aliphatic rings. The van der Waals surface area contributed by atoms with Gasteiger partial charge in [0.25, 0.3) is 0 Å². The molecule has 0 saturated carbocycles. The number of fused-ring (bicyclic) bond motifs is 1. The molecule has 3 rings (SSSR count). The number of amides is 1. The van der Waals surface area contributed by atoms with Crippen LogP contribution in [0.25, 0.3) is 6.08 Å². The highest BCUT2D eigenvalue weighted by molar-refractivity contribution is 7.10. The molecule has 2 aromatic rings. The summed E-state index contributed by atoms with van der Waals surface area (Å²) < 4.78 is 0. The minimum atomic E-state index is 0.115. The molecule has 0 aliphatic carbocycles. The fourth-order valence-electron chi connectivity index (χ4n) is 3.04. The summed E-state index contributed by atoms with van der Waals surface area (Å²) >= 11 is 1.81. The van der Waals surface area contributed by atoms with Crippen LogP contribution in [-0.4, -0.2) is 17.4 Å². The first-order valence-corrected chi connectivity index (χ1v) is 8.68. The Morgan fingerprint density at radius 2 is 2.09 bits per heavy atom. The van der Waals surface area contributed by atoms with Gasteiger partial charge in [-0.3, -0.25) is 4.79 Å². The van der Waals surface area contributed by atoms with Crippen LogP contribution in [0.4, 0.5) is 0 Å². The molecule has 1 atom stereocenters. The maximum absolute atomic E-state index is 12.6. The largest absolute Gasteiger partial charge is 0.332 e. The van der Waals surface area contributed by atoms with Crippen molar-refractivity contribution in [1.82, 2.24) is 4.90 Å². The number of aryl methyl sites for hydroxylation is 1. The molecule has 0 saturated heterocycles. The molecule has 1 aromatic carbocycles. The van der Waals surface area contributed by atoms with Crippen molar-refractivity contribution in [1.29, 1.82) is 0 Å². The van der Waals surface area contributed by atoms with Crippen molar-refractivity contribution in [2.75, 3.05) is 6.54 Å². The summed E-state index contributed by atoms with van der Waals surface area (Å²) in [5.74, 6) is 0.115. The van der Waals surface area contributed by atoms with Crippen molar-refractivity contribution in [3.05, 3.63) is 63.4 Å². The third-order valence-electron chi connectivity index (χ3n) is 4.26. The molecule has 0 spiro atoms. The predicted molar refractivity (Wildman–Crippen MR) is 93.0 cm³/mol. The molecule has 2 nitrogen and oxygen atoms in total. The average Bonchev–Trinajstić information content (AvgIpc) is 3.01. The number of carbonyl (C=O) groups is 1. The van der Waals surface area contributed by atoms with Crippen LogP contribution >= 0.6 is 11.3 Å². The lowest BCUT2D eigenvalue weighted by molar-refractivity contribution is -0.128. The molecule has 1 unspecified atom stereocenters. The van der Waals surface area contributed by atoms with E-state index in [2.05, 4.69) is 37.4 Å². The smallest absolute Gasteiger partial charge is 0.247 e. The van der Waals surface area contributed by atoms with Crippen molar-refractivity contribution < 1.29 is 4.79 Å². The lowest BCUT2D eigenvalue weighted by Crippen LogP contribution is -2.38. The van der Waals surface area contributed by atoms with Gasteiger partial charge in [-0.25, -0.2) is 0 Å². The molecular formula is C19H21NOS. The van der Waals surface area contributed by atoms with Gasteiger partial charge in [0.15, 0.2) is 0 Å². The number of thiophene rings is 1. The van der Waals surface area contributed by atoms with Gasteiger partial charge in [0, 0.05) is 17.5 Å². The van der Waals surface area contributed by atoms with Gasteiger partial charge in [0.2, 0.25) is 5.91 Å². The molecule has 1 amide bonds. The van der Waals surface area contributed by atoms with E-state index in [1.54, 1.807) is 6.08 Å². The van der Waals surface area contributed by atoms with E-state index in [-0.39, 0.29) is 11.9 Å². The highest BCUT2D eigenvalue weighted by atomic mass is 32.1. The van der Waals surface area contributed by atoms with Crippen molar-refractivity contribution in [3.8, 4) is 0 Å². The summed E-state index contributed by atoms with van der Waals surface area (Å²) in [7, 11) is 0. The molecule has 114 valence electrons. The van der Waals surface area contributed by atoms with E-state index in [0.717, 1.165) is 24.9 Å². The number of rotatable bonds is 3. The minimum Gasteiger partial charge on any atom is -0.332 e. The number of hydrogen-bond donors (Lipinski definition) is 0. The summed E-state index contributed by atoms with van der Waals surface area (Å²) in [4.78, 5) is 16.0. The van der Waals surface area contributed by atoms with Crippen molar-refractivity contribution in [3.63, 3.8) is 0 Å². The quantitative estimate of drug-likeness (QED) is 0.758. The van der Waals surface area contributed by atoms with E-state index in [9.17, 15) is 4.79 Å². The first-order chi connectivity index (χ1) is 10.7. The highest BCUT2D eigenvalue weighted by Crippen LogP contribution is 2.35. The zero-order valence-electron chi connectivity index (χ0n) is 13.1. The third-order valence-corrected chi connectivity index (χ3v) is 5.26. The van der Waals surface area contributed by atoms with Gasteiger partial charge in [0.1, 0.15) is 0 Å². The second kappa shape index (κ2) is 6.49. The van der Waals surface area contributed by atoms with Crippen LogP contribution in [-0.2, 0) is 11.2 Å². The average molecular weight is 311 g/mol. The topological polar surface area (TPSA) is 20.3 Å². The SMILES string of the molecule is CCC1c2ccsc2CCN1C(=O)C=Cc1ccc(C)cc1. The Kier molecular flexibility index (Phi) is 4.44. The highest BCUT2D eigenvalue weighted by Gasteiger charge is 2.29. The molecule has 0 fully saturated rings. The van der Waals surface area contributed by atoms with E-state index in [4.69, 9.17) is 0 Å². The Morgan fingerprint density at radius 1 is 1.32 bits per heavy atom. The van der Waals surface area contributed by atoms with Crippen LogP contribution in [0.15, 0.2) is 41.8 Å². The van der Waals surface area contributed by atoms with E-state index in [0.29, 0.717) is 0 Å². The van der Waals surface area contributed by atoms with Crippen molar-refractivity contribution in [2.24, 2.45) is 0 Å². The molecule has 0 bridgehead atoms. The van der Waals surface area contributed by atoms with Crippen molar-refractivity contribution in [2.45, 2.75) is 32.7 Å². The van der Waals surface area contributed by atoms with Crippen LogP contribution in [0.1, 0.15) is 41.0 Å². The van der Waals surface area contributed by atoms with Gasteiger partial charge in [-0.15, -0.1) is 11.3 Å². The van der Waals surface area contributed by atoms with Gasteiger partial charge in [0.05, 0.1) is 6.04 Å². The monoisotopic (exact) mass is 311 g/mol. The van der Waals surface area contributed by atoms with Gasteiger partial charge in [-0.1, -0.05) is 36.8 Å². The summed E-state index contributed by atoms with van der Waals surface area (Å²) in [6, 6.07) is 10.6. The second-order valence-corrected chi connectivity index (χ2v) is 6.75. The van der Waals surface area contributed by atoms with Crippen LogP contribution < -0.4 is 0 Å². The van der Waals surface area contributed by atoms with Crippen LogP contribution in [0.2, 0.25) is 0 Å². The Bertz CT molecular complexity index is 684. The minimum absolute atomic E-state index is 0.115. The maximum atomic E-state index is 12.6. The molecule has 3 heteroatoms. The molecule has 22 heavy (non-hydrogen) atoms. The zero-order valence-corrected chi connectivity index (χ0v) is 13.9. The van der Waals surface area contributed by atoms with E-state index < -0.39 is 0 Å². The normalized spacial score (nSPS) is 17.7. The number of carbonyl (C=O) groups excluding carboxylic acids is 1. The lowest BCUT2D eigenvalue weighted by atomic mass is 9.97. The number of hydrogen-bond acceptors (Lipinski definition) is 2. The van der Waals surface area contributed by atoms with Crippen LogP contribution in [0.3, 0.4) is 0 Å². The Balaban J connectivity index is 1.76. The Morgan fingerprint density at radius 3 is 2.82 bits per heavy atom. The Hall–Kier alpha value is -1.87. The fourth-order valence-corrected chi connectivity index (χ4v) is 3.97. The third kappa shape index (κ3) is 3.00. The van der Waals surface area contributed by atoms with Crippen LogP contribution in [0, 0.1) is 6.92 Å².